The predicted molar refractivity (Wildman–Crippen MR) is 70.9 cm³/mol. The van der Waals surface area contributed by atoms with Crippen LogP contribution in [-0.2, 0) is 4.79 Å². The Bertz CT molecular complexity index is 358. The second-order valence-electron chi connectivity index (χ2n) is 6.21. The Morgan fingerprint density at radius 3 is 2.42 bits per heavy atom. The monoisotopic (exact) mass is 269 g/mol. The lowest BCUT2D eigenvalue weighted by atomic mass is 9.80. The Kier molecular flexibility index (Phi) is 3.99. The molecule has 0 spiro atoms. The number of nitrogens with zero attached hydrogens (tertiary/aromatic N) is 2. The van der Waals surface area contributed by atoms with E-state index in [0.717, 1.165) is 25.9 Å². The number of nitrogens with one attached hydrogen (secondary N) is 1. The molecule has 0 atom stereocenters. The number of likely N-dealkylation sites (tertiary alicyclic amines) is 2. The van der Waals surface area contributed by atoms with Gasteiger partial charge in [-0.2, -0.15) is 0 Å². The van der Waals surface area contributed by atoms with Gasteiger partial charge in [0.25, 0.3) is 0 Å². The highest BCUT2D eigenvalue weighted by Gasteiger charge is 2.36. The topological polar surface area (TPSA) is 72.9 Å². The minimum Gasteiger partial charge on any atom is -0.481 e. The van der Waals surface area contributed by atoms with Crippen molar-refractivity contribution in [2.75, 3.05) is 39.8 Å². The van der Waals surface area contributed by atoms with E-state index in [-0.39, 0.29) is 17.4 Å². The molecule has 0 aromatic rings. The molecule has 0 aromatic heterocycles. The van der Waals surface area contributed by atoms with Crippen molar-refractivity contribution in [3.8, 4) is 0 Å². The summed E-state index contributed by atoms with van der Waals surface area (Å²) >= 11 is 0. The molecule has 0 radical (unpaired) electrons. The molecule has 2 N–H and O–H groups in total. The molecule has 19 heavy (non-hydrogen) atoms. The summed E-state index contributed by atoms with van der Waals surface area (Å²) < 4.78 is 0. The van der Waals surface area contributed by atoms with Crippen molar-refractivity contribution in [2.24, 2.45) is 11.3 Å². The first kappa shape index (κ1) is 14.1. The van der Waals surface area contributed by atoms with Crippen LogP contribution in [0.15, 0.2) is 0 Å². The number of urea groups is 1. The fraction of sp³-hybridized carbons (Fsp3) is 0.846. The highest BCUT2D eigenvalue weighted by atomic mass is 16.4. The van der Waals surface area contributed by atoms with E-state index in [1.807, 2.05) is 0 Å². The summed E-state index contributed by atoms with van der Waals surface area (Å²) in [5, 5.41) is 11.7. The van der Waals surface area contributed by atoms with Gasteiger partial charge in [0.05, 0.1) is 5.92 Å². The smallest absolute Gasteiger partial charge is 0.317 e. The number of aliphatic carboxylic acids is 1. The van der Waals surface area contributed by atoms with Crippen LogP contribution in [0.5, 0.6) is 0 Å². The molecule has 0 saturated carbocycles. The summed E-state index contributed by atoms with van der Waals surface area (Å²) in [7, 11) is 2.12. The highest BCUT2D eigenvalue weighted by Crippen LogP contribution is 2.29. The maximum Gasteiger partial charge on any atom is 0.317 e. The van der Waals surface area contributed by atoms with Crippen LogP contribution >= 0.6 is 0 Å². The van der Waals surface area contributed by atoms with Crippen LogP contribution in [0.25, 0.3) is 0 Å². The van der Waals surface area contributed by atoms with Crippen LogP contribution in [0.1, 0.15) is 19.8 Å². The van der Waals surface area contributed by atoms with Crippen molar-refractivity contribution in [1.29, 1.82) is 0 Å². The molecule has 2 saturated heterocycles. The number of piperidine rings is 1. The summed E-state index contributed by atoms with van der Waals surface area (Å²) in [4.78, 5) is 26.4. The van der Waals surface area contributed by atoms with Gasteiger partial charge >= 0.3 is 12.0 Å². The Hall–Kier alpha value is -1.30. The zero-order valence-corrected chi connectivity index (χ0v) is 11.7. The minimum atomic E-state index is -0.814. The van der Waals surface area contributed by atoms with E-state index in [1.165, 1.54) is 0 Å². The van der Waals surface area contributed by atoms with Gasteiger partial charge in [-0.15, -0.1) is 0 Å². The fourth-order valence-electron chi connectivity index (χ4n) is 2.54. The second kappa shape index (κ2) is 5.36. The van der Waals surface area contributed by atoms with E-state index < -0.39 is 5.97 Å². The van der Waals surface area contributed by atoms with Gasteiger partial charge in [-0.05, 0) is 38.4 Å². The predicted octanol–water partition coefficient (Wildman–Crippen LogP) is 0.444. The molecule has 2 aliphatic rings. The number of carbonyl (C=O) groups is 2. The third-order valence-electron chi connectivity index (χ3n) is 4.38. The van der Waals surface area contributed by atoms with Crippen molar-refractivity contribution in [3.63, 3.8) is 0 Å². The van der Waals surface area contributed by atoms with Gasteiger partial charge in [0.2, 0.25) is 0 Å². The van der Waals surface area contributed by atoms with Gasteiger partial charge in [-0.3, -0.25) is 4.79 Å². The normalized spacial score (nSPS) is 23.8. The van der Waals surface area contributed by atoms with E-state index >= 15 is 0 Å². The molecule has 2 aliphatic heterocycles. The van der Waals surface area contributed by atoms with Crippen LogP contribution < -0.4 is 5.32 Å². The van der Waals surface area contributed by atoms with E-state index in [0.29, 0.717) is 19.6 Å². The third kappa shape index (κ3) is 3.37. The molecule has 0 unspecified atom stereocenters. The maximum atomic E-state index is 11.9. The number of carbonyl (C=O) groups excluding carboxylic acids is 1. The molecule has 0 aromatic carbocycles. The second-order valence-corrected chi connectivity index (χ2v) is 6.21. The van der Waals surface area contributed by atoms with Crippen LogP contribution in [0, 0.1) is 11.3 Å². The first-order chi connectivity index (χ1) is 8.89. The molecule has 0 aliphatic carbocycles. The lowest BCUT2D eigenvalue weighted by molar-refractivity contribution is -0.146. The lowest BCUT2D eigenvalue weighted by Crippen LogP contribution is -2.57. The largest absolute Gasteiger partial charge is 0.481 e. The number of carboxylic acids is 1. The molecular formula is C13H23N3O3. The van der Waals surface area contributed by atoms with Crippen molar-refractivity contribution >= 4 is 12.0 Å². The summed E-state index contributed by atoms with van der Waals surface area (Å²) in [6.07, 6.45) is 2.17. The average Bonchev–Trinajstić information content (AvgIpc) is 2.29. The Morgan fingerprint density at radius 1 is 1.32 bits per heavy atom. The molecular weight excluding hydrogens is 246 g/mol. The van der Waals surface area contributed by atoms with Crippen molar-refractivity contribution in [1.82, 2.24) is 15.1 Å². The van der Waals surface area contributed by atoms with Crippen LogP contribution in [0.2, 0.25) is 0 Å². The van der Waals surface area contributed by atoms with Gasteiger partial charge in [0, 0.05) is 19.6 Å². The SMILES string of the molecule is CN1CCC(C)(CNC(=O)N2CC(C(=O)O)C2)CC1. The Labute approximate surface area is 113 Å². The Balaban J connectivity index is 1.71. The summed E-state index contributed by atoms with van der Waals surface area (Å²) in [5.41, 5.74) is 0.166. The zero-order valence-electron chi connectivity index (χ0n) is 11.7. The van der Waals surface area contributed by atoms with Crippen LogP contribution in [-0.4, -0.2) is 66.7 Å². The van der Waals surface area contributed by atoms with Gasteiger partial charge in [0.1, 0.15) is 0 Å². The Morgan fingerprint density at radius 2 is 1.89 bits per heavy atom. The maximum absolute atomic E-state index is 11.9. The molecule has 6 heteroatoms. The van der Waals surface area contributed by atoms with E-state index in [1.54, 1.807) is 4.90 Å². The van der Waals surface area contributed by atoms with Gasteiger partial charge in [0.15, 0.2) is 0 Å². The van der Waals surface area contributed by atoms with E-state index in [2.05, 4.69) is 24.2 Å². The summed E-state index contributed by atoms with van der Waals surface area (Å²) in [6.45, 7) is 5.68. The number of carboxylic acid groups (broad SMARTS) is 1. The minimum absolute atomic E-state index is 0.127. The van der Waals surface area contributed by atoms with Crippen molar-refractivity contribution in [3.05, 3.63) is 0 Å². The number of rotatable bonds is 3. The lowest BCUT2D eigenvalue weighted by Gasteiger charge is -2.40. The molecule has 2 fully saturated rings. The summed E-state index contributed by atoms with van der Waals surface area (Å²) in [5.74, 6) is -1.20. The van der Waals surface area contributed by atoms with Crippen molar-refractivity contribution in [2.45, 2.75) is 19.8 Å². The molecule has 2 rings (SSSR count). The molecule has 2 heterocycles. The molecule has 0 bridgehead atoms. The van der Waals surface area contributed by atoms with E-state index in [4.69, 9.17) is 5.11 Å². The molecule has 2 amide bonds. The molecule has 108 valence electrons. The number of amides is 2. The van der Waals surface area contributed by atoms with Crippen LogP contribution in [0.4, 0.5) is 4.79 Å². The summed E-state index contributed by atoms with van der Waals surface area (Å²) in [6, 6.07) is -0.127. The van der Waals surface area contributed by atoms with Gasteiger partial charge in [-0.1, -0.05) is 6.92 Å². The zero-order chi connectivity index (χ0) is 14.0. The van der Waals surface area contributed by atoms with Crippen LogP contribution in [0.3, 0.4) is 0 Å². The third-order valence-corrected chi connectivity index (χ3v) is 4.38. The highest BCUT2D eigenvalue weighted by molar-refractivity contribution is 5.79. The quantitative estimate of drug-likeness (QED) is 0.780. The standard InChI is InChI=1S/C13H23N3O3/c1-13(3-5-15(2)6-4-13)9-14-12(19)16-7-10(8-16)11(17)18/h10H,3-9H2,1-2H3,(H,14,19)(H,17,18). The number of hydrogen-bond donors (Lipinski definition) is 2. The molecule has 6 nitrogen and oxygen atoms in total. The fourth-order valence-corrected chi connectivity index (χ4v) is 2.54. The number of hydrogen-bond acceptors (Lipinski definition) is 3. The van der Waals surface area contributed by atoms with Gasteiger partial charge < -0.3 is 20.2 Å². The average molecular weight is 269 g/mol. The van der Waals surface area contributed by atoms with E-state index in [9.17, 15) is 9.59 Å². The first-order valence-electron chi connectivity index (χ1n) is 6.84. The van der Waals surface area contributed by atoms with Gasteiger partial charge in [-0.25, -0.2) is 4.79 Å². The first-order valence-corrected chi connectivity index (χ1v) is 6.84. The van der Waals surface area contributed by atoms with Crippen molar-refractivity contribution < 1.29 is 14.7 Å².